The molecule has 4 rings (SSSR count). The van der Waals surface area contributed by atoms with Crippen LogP contribution in [0.2, 0.25) is 25.7 Å². The lowest BCUT2D eigenvalue weighted by Gasteiger charge is -2.34. The van der Waals surface area contributed by atoms with Gasteiger partial charge in [0.2, 0.25) is 5.95 Å². The summed E-state index contributed by atoms with van der Waals surface area (Å²) in [5.41, 5.74) is 2.13. The van der Waals surface area contributed by atoms with Crippen LogP contribution in [-0.2, 0) is 22.6 Å². The summed E-state index contributed by atoms with van der Waals surface area (Å²) in [6.07, 6.45) is 5.72. The normalized spacial score (nSPS) is 16.0. The highest BCUT2D eigenvalue weighted by molar-refractivity contribution is 6.76. The smallest absolute Gasteiger partial charge is 0.410 e. The van der Waals surface area contributed by atoms with Crippen molar-refractivity contribution in [1.82, 2.24) is 19.4 Å². The maximum atomic E-state index is 15.6. The highest BCUT2D eigenvalue weighted by Gasteiger charge is 2.28. The summed E-state index contributed by atoms with van der Waals surface area (Å²) < 4.78 is 28.8. The number of piperidine rings is 1. The van der Waals surface area contributed by atoms with E-state index in [4.69, 9.17) is 14.5 Å². The van der Waals surface area contributed by atoms with Crippen molar-refractivity contribution in [2.24, 2.45) is 0 Å². The zero-order valence-electron chi connectivity index (χ0n) is 25.9. The number of carbonyl (C=O) groups is 1. The van der Waals surface area contributed by atoms with Gasteiger partial charge in [-0.15, -0.1) is 0 Å². The second-order valence-corrected chi connectivity index (χ2v) is 18.7. The fourth-order valence-electron chi connectivity index (χ4n) is 5.01. The molecule has 0 saturated carbocycles. The molecular weight excluding hydrogens is 551 g/mol. The van der Waals surface area contributed by atoms with Gasteiger partial charge in [0.1, 0.15) is 18.4 Å². The fraction of sp³-hybridized carbons (Fsp3) is 0.548. The summed E-state index contributed by atoms with van der Waals surface area (Å²) in [4.78, 5) is 23.9. The number of nitriles is 1. The van der Waals surface area contributed by atoms with E-state index in [2.05, 4.69) is 29.9 Å². The van der Waals surface area contributed by atoms with Crippen molar-refractivity contribution in [3.8, 4) is 17.3 Å². The van der Waals surface area contributed by atoms with E-state index < -0.39 is 19.5 Å². The number of fused-ring (bicyclic) bond motifs is 1. The van der Waals surface area contributed by atoms with Crippen LogP contribution < -0.4 is 5.32 Å². The van der Waals surface area contributed by atoms with Gasteiger partial charge in [0.05, 0.1) is 16.8 Å². The van der Waals surface area contributed by atoms with E-state index in [0.29, 0.717) is 48.7 Å². The van der Waals surface area contributed by atoms with Crippen molar-refractivity contribution in [1.29, 1.82) is 5.26 Å². The number of halogens is 1. The molecule has 226 valence electrons. The second-order valence-electron chi connectivity index (χ2n) is 13.1. The Kier molecular flexibility index (Phi) is 9.58. The van der Waals surface area contributed by atoms with E-state index in [0.717, 1.165) is 30.0 Å². The molecule has 1 aliphatic rings. The Morgan fingerprint density at radius 3 is 2.71 bits per heavy atom. The zero-order valence-corrected chi connectivity index (χ0v) is 26.9. The van der Waals surface area contributed by atoms with Crippen LogP contribution >= 0.6 is 0 Å². The van der Waals surface area contributed by atoms with E-state index in [1.165, 1.54) is 6.07 Å². The number of carbonyl (C=O) groups excluding carboxylic acids is 1. The molecule has 1 amide bonds. The van der Waals surface area contributed by atoms with Crippen molar-refractivity contribution in [3.05, 3.63) is 41.5 Å². The fourth-order valence-corrected chi connectivity index (χ4v) is 5.77. The molecule has 0 spiro atoms. The minimum atomic E-state index is -1.29. The van der Waals surface area contributed by atoms with Crippen molar-refractivity contribution in [2.75, 3.05) is 25.0 Å². The van der Waals surface area contributed by atoms with Gasteiger partial charge < -0.3 is 24.3 Å². The van der Waals surface area contributed by atoms with E-state index in [9.17, 15) is 10.1 Å². The number of aryl methyl sites for hydroxylation is 1. The number of hydrogen-bond acceptors (Lipinski definition) is 7. The third-order valence-corrected chi connectivity index (χ3v) is 8.94. The Morgan fingerprint density at radius 2 is 2.05 bits per heavy atom. The molecule has 11 heteroatoms. The third-order valence-electron chi connectivity index (χ3n) is 7.23. The van der Waals surface area contributed by atoms with Gasteiger partial charge in [-0.1, -0.05) is 32.6 Å². The molecule has 1 aromatic carbocycles. The summed E-state index contributed by atoms with van der Waals surface area (Å²) in [7, 11) is -1.29. The predicted octanol–water partition coefficient (Wildman–Crippen LogP) is 6.80. The number of anilines is 1. The number of rotatable bonds is 9. The SMILES string of the molecule is CCc1cnc(N[C@H]2CCCN(C(=O)OC(C)(C)C)C2)nc1-c1cn(COCC[Si](C)(C)C)c2c(F)c(C#N)ccc12. The van der Waals surface area contributed by atoms with Gasteiger partial charge in [-0.2, -0.15) is 5.26 Å². The molecule has 9 nitrogen and oxygen atoms in total. The molecule has 1 saturated heterocycles. The average molecular weight is 595 g/mol. The number of benzene rings is 1. The predicted molar refractivity (Wildman–Crippen MR) is 166 cm³/mol. The first-order valence-corrected chi connectivity index (χ1v) is 18.4. The second kappa shape index (κ2) is 12.8. The lowest BCUT2D eigenvalue weighted by Crippen LogP contribution is -2.47. The summed E-state index contributed by atoms with van der Waals surface area (Å²) in [5, 5.41) is 13.6. The van der Waals surface area contributed by atoms with Gasteiger partial charge in [-0.05, 0) is 57.7 Å². The molecule has 2 aromatic heterocycles. The number of nitrogens with zero attached hydrogens (tertiary/aromatic N) is 5. The van der Waals surface area contributed by atoms with E-state index in [-0.39, 0.29) is 24.4 Å². The van der Waals surface area contributed by atoms with Crippen molar-refractivity contribution in [3.63, 3.8) is 0 Å². The zero-order chi connectivity index (χ0) is 30.7. The maximum Gasteiger partial charge on any atom is 0.410 e. The Bertz CT molecular complexity index is 1470. The van der Waals surface area contributed by atoms with Crippen molar-refractivity contribution in [2.45, 2.75) is 91.0 Å². The summed E-state index contributed by atoms with van der Waals surface area (Å²) >= 11 is 0. The summed E-state index contributed by atoms with van der Waals surface area (Å²) in [5.74, 6) is -0.121. The largest absolute Gasteiger partial charge is 0.444 e. The van der Waals surface area contributed by atoms with Crippen LogP contribution in [0, 0.1) is 17.1 Å². The average Bonchev–Trinajstić information content (AvgIpc) is 3.29. The third kappa shape index (κ3) is 7.66. The van der Waals surface area contributed by atoms with Crippen molar-refractivity contribution < 1.29 is 18.7 Å². The van der Waals surface area contributed by atoms with Gasteiger partial charge in [0, 0.05) is 57.2 Å². The molecule has 42 heavy (non-hydrogen) atoms. The van der Waals surface area contributed by atoms with Gasteiger partial charge in [0.25, 0.3) is 0 Å². The highest BCUT2D eigenvalue weighted by atomic mass is 28.3. The monoisotopic (exact) mass is 594 g/mol. The van der Waals surface area contributed by atoms with Gasteiger partial charge in [0.15, 0.2) is 5.82 Å². The maximum absolute atomic E-state index is 15.6. The highest BCUT2D eigenvalue weighted by Crippen LogP contribution is 2.35. The Labute approximate surface area is 249 Å². The molecule has 0 unspecified atom stereocenters. The lowest BCUT2D eigenvalue weighted by atomic mass is 10.0. The van der Waals surface area contributed by atoms with Crippen LogP contribution in [-0.4, -0.2) is 64.9 Å². The molecule has 1 atom stereocenters. The number of nitrogens with one attached hydrogen (secondary N) is 1. The molecule has 0 radical (unpaired) electrons. The first-order valence-electron chi connectivity index (χ1n) is 14.7. The van der Waals surface area contributed by atoms with Gasteiger partial charge >= 0.3 is 6.09 Å². The van der Waals surface area contributed by atoms with Gasteiger partial charge in [-0.25, -0.2) is 19.2 Å². The first kappa shape index (κ1) is 31.4. The van der Waals surface area contributed by atoms with E-state index in [1.54, 1.807) is 21.7 Å². The number of aromatic nitrogens is 3. The molecule has 1 aliphatic heterocycles. The van der Waals surface area contributed by atoms with Gasteiger partial charge in [-0.3, -0.25) is 0 Å². The molecule has 1 N–H and O–H groups in total. The molecule has 0 aliphatic carbocycles. The van der Waals surface area contributed by atoms with Crippen LogP contribution in [0.1, 0.15) is 51.7 Å². The van der Waals surface area contributed by atoms with Crippen LogP contribution in [0.4, 0.5) is 15.1 Å². The summed E-state index contributed by atoms with van der Waals surface area (Å²) in [6.45, 7) is 16.4. The molecule has 1 fully saturated rings. The number of ether oxygens (including phenoxy) is 2. The first-order chi connectivity index (χ1) is 19.8. The van der Waals surface area contributed by atoms with Crippen molar-refractivity contribution >= 4 is 31.0 Å². The number of amides is 1. The Balaban J connectivity index is 1.64. The lowest BCUT2D eigenvalue weighted by molar-refractivity contribution is 0.0206. The van der Waals surface area contributed by atoms with E-state index in [1.807, 2.05) is 40.0 Å². The Morgan fingerprint density at radius 1 is 1.29 bits per heavy atom. The number of likely N-dealkylation sites (tertiary alicyclic amines) is 1. The summed E-state index contributed by atoms with van der Waals surface area (Å²) in [6, 6.07) is 6.20. The molecule has 0 bridgehead atoms. The van der Waals surface area contributed by atoms with Crippen LogP contribution in [0.15, 0.2) is 24.5 Å². The molecule has 3 aromatic rings. The Hall–Kier alpha value is -3.49. The van der Waals surface area contributed by atoms with Crippen LogP contribution in [0.3, 0.4) is 0 Å². The van der Waals surface area contributed by atoms with Crippen LogP contribution in [0.25, 0.3) is 22.2 Å². The van der Waals surface area contributed by atoms with E-state index >= 15 is 4.39 Å². The standard InChI is InChI=1S/C31H43FN6O3Si/c1-8-21-17-34-29(35-23-10-9-13-37(18-23)30(39)41-31(2,3)4)36-27(21)25-19-38(20-40-14-15-42(5,6)7)28-24(25)12-11-22(16-33)26(28)32/h11-12,17,19,23H,8-10,13-15,18,20H2,1-7H3,(H,34,35,36)/t23-/m0/s1. The minimum Gasteiger partial charge on any atom is -0.444 e. The number of hydrogen-bond donors (Lipinski definition) is 1. The topological polar surface area (TPSA) is 105 Å². The quantitative estimate of drug-likeness (QED) is 0.215. The molecule has 3 heterocycles. The minimum absolute atomic E-state index is 0.0110. The molecular formula is C31H43FN6O3Si. The van der Waals surface area contributed by atoms with Crippen LogP contribution in [0.5, 0.6) is 0 Å².